The van der Waals surface area contributed by atoms with Crippen LogP contribution < -0.4 is 10.1 Å². The molecule has 164 valence electrons. The first-order valence-corrected chi connectivity index (χ1v) is 11.5. The van der Waals surface area contributed by atoms with Gasteiger partial charge in [0, 0.05) is 35.3 Å². The van der Waals surface area contributed by atoms with Gasteiger partial charge < -0.3 is 0 Å². The second kappa shape index (κ2) is 8.17. The van der Waals surface area contributed by atoms with Gasteiger partial charge in [-0.1, -0.05) is 59.4 Å². The van der Waals surface area contributed by atoms with Gasteiger partial charge in [0.05, 0.1) is 15.9 Å². The highest BCUT2D eigenvalue weighted by molar-refractivity contribution is 7.15. The number of hydrogen-bond acceptors (Lipinski definition) is 6. The van der Waals surface area contributed by atoms with Crippen LogP contribution in [-0.4, -0.2) is 29.4 Å². The number of aromatic nitrogens is 6. The molecule has 0 atom stereocenters. The van der Waals surface area contributed by atoms with Gasteiger partial charge in [0.2, 0.25) is 4.96 Å². The molecule has 0 bridgehead atoms. The molecule has 0 radical (unpaired) electrons. The van der Waals surface area contributed by atoms with Gasteiger partial charge in [-0.25, -0.2) is 4.68 Å². The molecule has 0 N–H and O–H groups in total. The van der Waals surface area contributed by atoms with Gasteiger partial charge in [0.25, 0.3) is 5.56 Å². The smallest absolute Gasteiger partial charge is 0.266 e. The number of benzene rings is 2. The summed E-state index contributed by atoms with van der Waals surface area (Å²) in [5.74, 6) is 0.509. The second-order valence-corrected chi connectivity index (χ2v) is 8.87. The summed E-state index contributed by atoms with van der Waals surface area (Å²) < 4.78 is 3.75. The number of para-hydroxylation sites is 1. The Bertz CT molecular complexity index is 1720. The Labute approximate surface area is 198 Å². The van der Waals surface area contributed by atoms with Gasteiger partial charge in [-0.15, -0.1) is 5.10 Å². The van der Waals surface area contributed by atoms with Crippen molar-refractivity contribution in [2.75, 3.05) is 0 Å². The van der Waals surface area contributed by atoms with Crippen molar-refractivity contribution in [1.29, 1.82) is 0 Å². The lowest BCUT2D eigenvalue weighted by atomic mass is 10.1. The Balaban J connectivity index is 1.50. The molecule has 4 heterocycles. The van der Waals surface area contributed by atoms with Crippen LogP contribution in [-0.2, 0) is 0 Å². The Kier molecular flexibility index (Phi) is 4.85. The number of thiazole rings is 1. The molecular weight excluding hydrogens is 444 g/mol. The lowest BCUT2D eigenvalue weighted by Gasteiger charge is -2.01. The van der Waals surface area contributed by atoms with Gasteiger partial charge in [-0.3, -0.25) is 9.78 Å². The van der Waals surface area contributed by atoms with Crippen molar-refractivity contribution in [3.63, 3.8) is 0 Å². The highest BCUT2D eigenvalue weighted by atomic mass is 32.1. The topological polar surface area (TPSA) is 78.0 Å². The van der Waals surface area contributed by atoms with E-state index in [0.717, 1.165) is 28.1 Å². The molecule has 6 rings (SSSR count). The summed E-state index contributed by atoms with van der Waals surface area (Å²) in [6, 6.07) is 21.8. The van der Waals surface area contributed by atoms with Crippen molar-refractivity contribution in [2.24, 2.45) is 0 Å². The summed E-state index contributed by atoms with van der Waals surface area (Å²) in [5.41, 5.74) is 5.38. The van der Waals surface area contributed by atoms with Crippen molar-refractivity contribution >= 4 is 22.4 Å². The standard InChI is InChI=1S/C26H18N6OS/c1-17-7-9-18(10-8-17)23-20(16-31(29-23)21-5-3-2-4-6-21)15-22-25(33)32-26(34-22)28-24(30-32)19-11-13-27-14-12-19/h2-16H,1H3. The minimum absolute atomic E-state index is 0.199. The maximum atomic E-state index is 13.1. The molecule has 0 unspecified atom stereocenters. The summed E-state index contributed by atoms with van der Waals surface area (Å²) in [4.78, 5) is 22.3. The van der Waals surface area contributed by atoms with Crippen molar-refractivity contribution in [2.45, 2.75) is 6.92 Å². The molecule has 0 aliphatic carbocycles. The quantitative estimate of drug-likeness (QED) is 0.397. The fourth-order valence-electron chi connectivity index (χ4n) is 3.74. The van der Waals surface area contributed by atoms with E-state index < -0.39 is 0 Å². The number of nitrogens with zero attached hydrogens (tertiary/aromatic N) is 6. The van der Waals surface area contributed by atoms with Gasteiger partial charge in [0.15, 0.2) is 5.82 Å². The van der Waals surface area contributed by atoms with E-state index in [9.17, 15) is 4.79 Å². The van der Waals surface area contributed by atoms with Crippen molar-refractivity contribution in [1.82, 2.24) is 29.4 Å². The molecule has 0 amide bonds. The third-order valence-electron chi connectivity index (χ3n) is 5.50. The van der Waals surface area contributed by atoms with Crippen LogP contribution in [0.5, 0.6) is 0 Å². The third-order valence-corrected chi connectivity index (χ3v) is 6.45. The zero-order valence-corrected chi connectivity index (χ0v) is 19.0. The summed E-state index contributed by atoms with van der Waals surface area (Å²) in [6.07, 6.45) is 7.18. The fraction of sp³-hybridized carbons (Fsp3) is 0.0385. The van der Waals surface area contributed by atoms with Crippen LogP contribution >= 0.6 is 11.3 Å². The summed E-state index contributed by atoms with van der Waals surface area (Å²) >= 11 is 1.31. The first-order valence-electron chi connectivity index (χ1n) is 10.7. The highest BCUT2D eigenvalue weighted by Crippen LogP contribution is 2.25. The van der Waals surface area contributed by atoms with Crippen molar-refractivity contribution < 1.29 is 0 Å². The predicted molar refractivity (Wildman–Crippen MR) is 133 cm³/mol. The maximum absolute atomic E-state index is 13.1. The average molecular weight is 463 g/mol. The monoisotopic (exact) mass is 462 g/mol. The van der Waals surface area contributed by atoms with Crippen LogP contribution in [0.4, 0.5) is 0 Å². The highest BCUT2D eigenvalue weighted by Gasteiger charge is 2.15. The molecule has 0 fully saturated rings. The molecule has 4 aromatic heterocycles. The number of fused-ring (bicyclic) bond motifs is 1. The van der Waals surface area contributed by atoms with Gasteiger partial charge >= 0.3 is 0 Å². The Morgan fingerprint density at radius 1 is 0.882 bits per heavy atom. The van der Waals surface area contributed by atoms with Gasteiger partial charge in [-0.2, -0.15) is 14.6 Å². The number of hydrogen-bond donors (Lipinski definition) is 0. The van der Waals surface area contributed by atoms with Crippen molar-refractivity contribution in [3.8, 4) is 28.3 Å². The molecule has 0 saturated heterocycles. The molecular formula is C26H18N6OS. The van der Waals surface area contributed by atoms with E-state index in [1.807, 2.05) is 71.6 Å². The van der Waals surface area contributed by atoms with Gasteiger partial charge in [-0.05, 0) is 37.3 Å². The van der Waals surface area contributed by atoms with E-state index in [2.05, 4.69) is 34.1 Å². The van der Waals surface area contributed by atoms with E-state index in [0.29, 0.717) is 15.3 Å². The van der Waals surface area contributed by atoms with Crippen LogP contribution in [0.25, 0.3) is 39.4 Å². The Morgan fingerprint density at radius 3 is 2.38 bits per heavy atom. The molecule has 2 aromatic carbocycles. The van der Waals surface area contributed by atoms with E-state index in [-0.39, 0.29) is 5.56 Å². The maximum Gasteiger partial charge on any atom is 0.291 e. The number of rotatable bonds is 4. The van der Waals surface area contributed by atoms with E-state index in [1.165, 1.54) is 21.4 Å². The molecule has 7 nitrogen and oxygen atoms in total. The molecule has 34 heavy (non-hydrogen) atoms. The molecule has 8 heteroatoms. The third kappa shape index (κ3) is 3.60. The lowest BCUT2D eigenvalue weighted by Crippen LogP contribution is -2.23. The number of pyridine rings is 1. The van der Waals surface area contributed by atoms with E-state index >= 15 is 0 Å². The normalized spacial score (nSPS) is 12.0. The summed E-state index contributed by atoms with van der Waals surface area (Å²) in [6.45, 7) is 2.05. The minimum Gasteiger partial charge on any atom is -0.266 e. The SMILES string of the molecule is Cc1ccc(-c2nn(-c3ccccc3)cc2C=c2sc3nc(-c4ccncc4)nn3c2=O)cc1. The Hall–Kier alpha value is -4.43. The van der Waals surface area contributed by atoms with Crippen LogP contribution in [0.2, 0.25) is 0 Å². The van der Waals surface area contributed by atoms with Crippen molar-refractivity contribution in [3.05, 3.63) is 111 Å². The molecule has 6 aromatic rings. The molecule has 0 spiro atoms. The van der Waals surface area contributed by atoms with Gasteiger partial charge in [0.1, 0.15) is 0 Å². The molecule has 0 aliphatic heterocycles. The first kappa shape index (κ1) is 20.2. The first-order chi connectivity index (χ1) is 16.7. The summed E-state index contributed by atoms with van der Waals surface area (Å²) in [7, 11) is 0. The largest absolute Gasteiger partial charge is 0.291 e. The molecule has 0 saturated carbocycles. The van der Waals surface area contributed by atoms with Crippen LogP contribution in [0, 0.1) is 6.92 Å². The second-order valence-electron chi connectivity index (χ2n) is 7.86. The Morgan fingerprint density at radius 2 is 1.65 bits per heavy atom. The van der Waals surface area contributed by atoms with Crippen LogP contribution in [0.3, 0.4) is 0 Å². The fourth-order valence-corrected chi connectivity index (χ4v) is 4.64. The van der Waals surface area contributed by atoms with E-state index in [4.69, 9.17) is 5.10 Å². The van der Waals surface area contributed by atoms with Crippen LogP contribution in [0.1, 0.15) is 11.1 Å². The van der Waals surface area contributed by atoms with E-state index in [1.54, 1.807) is 12.4 Å². The molecule has 0 aliphatic rings. The average Bonchev–Trinajstić information content (AvgIpc) is 3.56. The lowest BCUT2D eigenvalue weighted by molar-refractivity contribution is 0.884. The van der Waals surface area contributed by atoms with Crippen LogP contribution in [0.15, 0.2) is 90.1 Å². The number of aryl methyl sites for hydroxylation is 1. The zero-order valence-electron chi connectivity index (χ0n) is 18.2. The summed E-state index contributed by atoms with van der Waals surface area (Å²) in [5, 5.41) is 9.27. The minimum atomic E-state index is -0.199. The predicted octanol–water partition coefficient (Wildman–Crippen LogP) is 3.92. The zero-order chi connectivity index (χ0) is 23.1.